The molecule has 0 radical (unpaired) electrons. The molecule has 4 nitrogen and oxygen atoms in total. The average molecular weight is 283 g/mol. The molecule has 0 bridgehead atoms. The summed E-state index contributed by atoms with van der Waals surface area (Å²) in [6.07, 6.45) is 3.09. The van der Waals surface area contributed by atoms with Gasteiger partial charge in [-0.3, -0.25) is 4.79 Å². The first-order valence-corrected chi connectivity index (χ1v) is 6.48. The molecule has 108 valence electrons. The normalized spacial score (nSPS) is 10.4. The second-order valence-corrected chi connectivity index (χ2v) is 4.31. The third kappa shape index (κ3) is 4.11. The lowest BCUT2D eigenvalue weighted by Gasteiger charge is -2.04. The number of nitrogens with one attached hydrogen (secondary N) is 1. The Kier molecular flexibility index (Phi) is 4.99. The lowest BCUT2D eigenvalue weighted by molar-refractivity contribution is 0.104. The van der Waals surface area contributed by atoms with Crippen molar-refractivity contribution in [3.8, 4) is 11.5 Å². The van der Waals surface area contributed by atoms with E-state index in [1.54, 1.807) is 44.7 Å². The Morgan fingerprint density at radius 1 is 1.00 bits per heavy atom. The molecule has 0 saturated carbocycles. The number of carbonyl (C=O) groups excluding carboxylic acids is 1. The molecule has 0 atom stereocenters. The lowest BCUT2D eigenvalue weighted by atomic mass is 10.1. The Bertz CT molecular complexity index is 650. The fourth-order valence-corrected chi connectivity index (χ4v) is 1.80. The number of hydrogen-bond donors (Lipinski definition) is 1. The first-order valence-electron chi connectivity index (χ1n) is 6.48. The van der Waals surface area contributed by atoms with Crippen molar-refractivity contribution in [1.29, 1.82) is 0 Å². The Balaban J connectivity index is 2.01. The van der Waals surface area contributed by atoms with E-state index in [0.717, 1.165) is 11.4 Å². The van der Waals surface area contributed by atoms with Gasteiger partial charge in [0.15, 0.2) is 5.78 Å². The molecular formula is C17H17NO3. The van der Waals surface area contributed by atoms with Gasteiger partial charge < -0.3 is 14.8 Å². The second-order valence-electron chi connectivity index (χ2n) is 4.31. The predicted molar refractivity (Wildman–Crippen MR) is 83.1 cm³/mol. The van der Waals surface area contributed by atoms with E-state index in [4.69, 9.17) is 9.47 Å². The van der Waals surface area contributed by atoms with Crippen molar-refractivity contribution in [3.05, 3.63) is 66.4 Å². The Morgan fingerprint density at radius 2 is 1.67 bits per heavy atom. The van der Waals surface area contributed by atoms with Gasteiger partial charge in [0.25, 0.3) is 0 Å². The highest BCUT2D eigenvalue weighted by molar-refractivity contribution is 6.04. The van der Waals surface area contributed by atoms with Gasteiger partial charge in [0.05, 0.1) is 14.2 Å². The van der Waals surface area contributed by atoms with Gasteiger partial charge in [-0.2, -0.15) is 0 Å². The van der Waals surface area contributed by atoms with Crippen LogP contribution in [0.5, 0.6) is 11.5 Å². The molecule has 1 N–H and O–H groups in total. The Morgan fingerprint density at radius 3 is 2.38 bits per heavy atom. The van der Waals surface area contributed by atoms with Crippen molar-refractivity contribution >= 4 is 11.5 Å². The van der Waals surface area contributed by atoms with Crippen LogP contribution in [0.2, 0.25) is 0 Å². The predicted octanol–water partition coefficient (Wildman–Crippen LogP) is 3.51. The molecular weight excluding hydrogens is 266 g/mol. The minimum absolute atomic E-state index is 0.0932. The molecule has 0 aliphatic carbocycles. The van der Waals surface area contributed by atoms with Crippen LogP contribution in [0.4, 0.5) is 5.69 Å². The molecule has 2 rings (SSSR count). The summed E-state index contributed by atoms with van der Waals surface area (Å²) in [6, 6.07) is 14.5. The van der Waals surface area contributed by atoms with Crippen molar-refractivity contribution in [1.82, 2.24) is 0 Å². The highest BCUT2D eigenvalue weighted by Crippen LogP contribution is 2.17. The number of hydrogen-bond acceptors (Lipinski definition) is 4. The number of rotatable bonds is 6. The summed E-state index contributed by atoms with van der Waals surface area (Å²) in [5, 5.41) is 3.04. The van der Waals surface area contributed by atoms with Crippen LogP contribution in [0.1, 0.15) is 10.4 Å². The van der Waals surface area contributed by atoms with Crippen LogP contribution in [-0.4, -0.2) is 20.0 Å². The number of ketones is 1. The van der Waals surface area contributed by atoms with Gasteiger partial charge in [0.2, 0.25) is 0 Å². The van der Waals surface area contributed by atoms with Crippen molar-refractivity contribution in [2.45, 2.75) is 0 Å². The maximum absolute atomic E-state index is 12.0. The highest BCUT2D eigenvalue weighted by Gasteiger charge is 2.02. The third-order valence-electron chi connectivity index (χ3n) is 2.91. The summed E-state index contributed by atoms with van der Waals surface area (Å²) in [4.78, 5) is 12.0. The molecule has 0 heterocycles. The largest absolute Gasteiger partial charge is 0.497 e. The molecule has 0 spiro atoms. The zero-order valence-corrected chi connectivity index (χ0v) is 12.0. The number of benzene rings is 2. The monoisotopic (exact) mass is 283 g/mol. The molecule has 0 aliphatic heterocycles. The van der Waals surface area contributed by atoms with Crippen LogP contribution in [0.25, 0.3) is 0 Å². The van der Waals surface area contributed by atoms with Crippen molar-refractivity contribution in [2.24, 2.45) is 0 Å². The molecule has 0 aromatic heterocycles. The molecule has 2 aromatic rings. The maximum atomic E-state index is 12.0. The summed E-state index contributed by atoms with van der Waals surface area (Å²) in [6.45, 7) is 0. The van der Waals surface area contributed by atoms with Gasteiger partial charge in [-0.1, -0.05) is 18.2 Å². The summed E-state index contributed by atoms with van der Waals surface area (Å²) >= 11 is 0. The Hall–Kier alpha value is -2.75. The van der Waals surface area contributed by atoms with Crippen LogP contribution < -0.4 is 14.8 Å². The summed E-state index contributed by atoms with van der Waals surface area (Å²) in [5.74, 6) is 1.33. The topological polar surface area (TPSA) is 47.6 Å². The molecule has 0 saturated heterocycles. The molecule has 4 heteroatoms. The Labute approximate surface area is 124 Å². The van der Waals surface area contributed by atoms with Gasteiger partial charge in [-0.25, -0.2) is 0 Å². The van der Waals surface area contributed by atoms with Crippen LogP contribution in [0, 0.1) is 0 Å². The van der Waals surface area contributed by atoms with Crippen LogP contribution in [0.15, 0.2) is 60.8 Å². The fourth-order valence-electron chi connectivity index (χ4n) is 1.80. The number of ether oxygens (including phenoxy) is 2. The van der Waals surface area contributed by atoms with E-state index in [1.807, 2.05) is 24.3 Å². The van der Waals surface area contributed by atoms with E-state index < -0.39 is 0 Å². The summed E-state index contributed by atoms with van der Waals surface area (Å²) < 4.78 is 10.2. The number of carbonyl (C=O) groups is 1. The summed E-state index contributed by atoms with van der Waals surface area (Å²) in [5.41, 5.74) is 1.43. The third-order valence-corrected chi connectivity index (χ3v) is 2.91. The average Bonchev–Trinajstić information content (AvgIpc) is 2.55. The van der Waals surface area contributed by atoms with Gasteiger partial charge in [0.1, 0.15) is 11.5 Å². The molecule has 0 amide bonds. The fraction of sp³-hybridized carbons (Fsp3) is 0.118. The first-order chi connectivity index (χ1) is 10.2. The van der Waals surface area contributed by atoms with E-state index >= 15 is 0 Å². The highest BCUT2D eigenvalue weighted by atomic mass is 16.5. The van der Waals surface area contributed by atoms with Crippen molar-refractivity contribution in [3.63, 3.8) is 0 Å². The maximum Gasteiger partial charge on any atom is 0.187 e. The van der Waals surface area contributed by atoms with E-state index in [2.05, 4.69) is 5.32 Å². The smallest absolute Gasteiger partial charge is 0.187 e. The van der Waals surface area contributed by atoms with Crippen molar-refractivity contribution in [2.75, 3.05) is 19.5 Å². The SMILES string of the molecule is COc1cccc(N/C=C/C(=O)c2cccc(OC)c2)c1. The van der Waals surface area contributed by atoms with E-state index in [1.165, 1.54) is 6.08 Å². The van der Waals surface area contributed by atoms with E-state index in [-0.39, 0.29) is 5.78 Å². The zero-order valence-electron chi connectivity index (χ0n) is 12.0. The molecule has 0 unspecified atom stereocenters. The molecule has 21 heavy (non-hydrogen) atoms. The quantitative estimate of drug-likeness (QED) is 0.651. The van der Waals surface area contributed by atoms with Gasteiger partial charge in [0, 0.05) is 29.6 Å². The van der Waals surface area contributed by atoms with E-state index in [0.29, 0.717) is 11.3 Å². The minimum atomic E-state index is -0.0932. The molecule has 0 aliphatic rings. The molecule has 0 fully saturated rings. The van der Waals surface area contributed by atoms with E-state index in [9.17, 15) is 4.79 Å². The van der Waals surface area contributed by atoms with Crippen LogP contribution in [-0.2, 0) is 0 Å². The zero-order chi connectivity index (χ0) is 15.1. The van der Waals surface area contributed by atoms with Gasteiger partial charge >= 0.3 is 0 Å². The van der Waals surface area contributed by atoms with Gasteiger partial charge in [-0.05, 0) is 24.3 Å². The number of anilines is 1. The van der Waals surface area contributed by atoms with Crippen LogP contribution in [0.3, 0.4) is 0 Å². The number of methoxy groups -OCH3 is 2. The lowest BCUT2D eigenvalue weighted by Crippen LogP contribution is -1.97. The summed E-state index contributed by atoms with van der Waals surface area (Å²) in [7, 11) is 3.19. The van der Waals surface area contributed by atoms with Crippen LogP contribution >= 0.6 is 0 Å². The second kappa shape index (κ2) is 7.14. The number of allylic oxidation sites excluding steroid dienone is 1. The standard InChI is InChI=1S/C17H17NO3/c1-20-15-7-3-5-13(11-15)17(19)9-10-18-14-6-4-8-16(12-14)21-2/h3-12,18H,1-2H3/b10-9+. The van der Waals surface area contributed by atoms with Gasteiger partial charge in [-0.15, -0.1) is 0 Å². The van der Waals surface area contributed by atoms with Crippen molar-refractivity contribution < 1.29 is 14.3 Å². The molecule has 2 aromatic carbocycles. The first kappa shape index (κ1) is 14.7. The minimum Gasteiger partial charge on any atom is -0.497 e.